The number of anilines is 2. The molecule has 12 N–H and O–H groups in total. The first kappa shape index (κ1) is 33.2. The predicted molar refractivity (Wildman–Crippen MR) is 150 cm³/mol. The van der Waals surface area contributed by atoms with Crippen molar-refractivity contribution in [3.63, 3.8) is 0 Å². The van der Waals surface area contributed by atoms with E-state index in [1.54, 1.807) is 0 Å². The highest BCUT2D eigenvalue weighted by Gasteiger charge is 2.49. The molecule has 6 rings (SSSR count). The molecule has 0 amide bonds. The molecule has 0 radical (unpaired) electrons. The molecule has 47 heavy (non-hydrogen) atoms. The Kier molecular flexibility index (Phi) is 8.54. The van der Waals surface area contributed by atoms with Gasteiger partial charge in [-0.3, -0.25) is 37.7 Å². The molecule has 27 heteroatoms. The summed E-state index contributed by atoms with van der Waals surface area (Å²) in [7, 11) is -10.9. The maximum atomic E-state index is 13.3. The molecule has 8 atom stereocenters. The van der Waals surface area contributed by atoms with Gasteiger partial charge in [0, 0.05) is 0 Å². The zero-order valence-electron chi connectivity index (χ0n) is 23.3. The highest BCUT2D eigenvalue weighted by atomic mass is 31.3. The SMILES string of the molecule is Nc1nc2c(ncn2[C@@H]2O[C@H](COP(=O)(OC[C@H]3O[C@@H](n4cnc5c(=O)[nH]c(N)nc54)C(O)C3O)OP(=O)(O)O)C(O)C2O)c(=O)[nH]1. The van der Waals surface area contributed by atoms with Crippen LogP contribution in [-0.4, -0.2) is 119 Å². The van der Waals surface area contributed by atoms with Crippen molar-refractivity contribution in [2.24, 2.45) is 0 Å². The lowest BCUT2D eigenvalue weighted by Crippen LogP contribution is -2.34. The zero-order valence-corrected chi connectivity index (χ0v) is 25.1. The molecule has 4 unspecified atom stereocenters. The smallest absolute Gasteiger partial charge is 0.387 e. The van der Waals surface area contributed by atoms with Gasteiger partial charge in [-0.2, -0.15) is 14.3 Å². The van der Waals surface area contributed by atoms with Gasteiger partial charge in [0.1, 0.15) is 36.6 Å². The number of aromatic amines is 2. The predicted octanol–water partition coefficient (Wildman–Crippen LogP) is -4.09. The number of phosphoric acid groups is 2. The molecule has 2 fully saturated rings. The standard InChI is InChI=1S/C20H26N10O15P2/c21-19-25-13-7(15(35)27-19)23-3-29(13)17-11(33)9(31)5(43-17)1-41-47(40,45-46(37,38)39)42-2-6-10(32)12(34)18(44-6)30-4-24-8-14(30)26-20(22)28-16(8)36/h3-6,9-12,17-18,31-34H,1-2H2,(H2,37,38,39)(H3,21,25,27,35)(H3,22,26,28,36)/t5-,6-,9?,10?,11?,12?,17-,18-,47?/m1/s1. The number of hydrogen-bond donors (Lipinski definition) is 10. The van der Waals surface area contributed by atoms with Crippen molar-refractivity contribution in [1.82, 2.24) is 39.0 Å². The first-order valence-corrected chi connectivity index (χ1v) is 16.2. The second-order valence-corrected chi connectivity index (χ2v) is 13.3. The van der Waals surface area contributed by atoms with Crippen LogP contribution >= 0.6 is 15.6 Å². The van der Waals surface area contributed by atoms with E-state index >= 15 is 0 Å². The summed E-state index contributed by atoms with van der Waals surface area (Å²) in [5.41, 5.74) is 9.18. The van der Waals surface area contributed by atoms with E-state index in [0.717, 1.165) is 21.8 Å². The van der Waals surface area contributed by atoms with Crippen LogP contribution in [0, 0.1) is 0 Å². The van der Waals surface area contributed by atoms with Crippen LogP contribution in [0.4, 0.5) is 11.9 Å². The molecule has 4 aromatic heterocycles. The number of phosphoric ester groups is 1. The fraction of sp³-hybridized carbons (Fsp3) is 0.500. The van der Waals surface area contributed by atoms with Gasteiger partial charge in [0.2, 0.25) is 11.9 Å². The molecule has 0 saturated carbocycles. The van der Waals surface area contributed by atoms with Gasteiger partial charge >= 0.3 is 15.6 Å². The van der Waals surface area contributed by atoms with Crippen LogP contribution in [0.3, 0.4) is 0 Å². The molecule has 256 valence electrons. The van der Waals surface area contributed by atoms with Gasteiger partial charge < -0.3 is 51.2 Å². The van der Waals surface area contributed by atoms with Crippen molar-refractivity contribution in [1.29, 1.82) is 0 Å². The monoisotopic (exact) mass is 708 g/mol. The lowest BCUT2D eigenvalue weighted by molar-refractivity contribution is -0.0607. The van der Waals surface area contributed by atoms with E-state index in [9.17, 15) is 48.9 Å². The number of aromatic nitrogens is 8. The third-order valence-corrected chi connectivity index (χ3v) is 9.71. The molecule has 4 aromatic rings. The summed E-state index contributed by atoms with van der Waals surface area (Å²) in [5, 5.41) is 42.4. The first-order chi connectivity index (χ1) is 22.0. The number of H-pyrrole nitrogens is 2. The Morgan fingerprint density at radius 3 is 1.55 bits per heavy atom. The Balaban J connectivity index is 1.16. The van der Waals surface area contributed by atoms with Gasteiger partial charge in [-0.15, -0.1) is 0 Å². The fourth-order valence-corrected chi connectivity index (χ4v) is 7.15. The van der Waals surface area contributed by atoms with E-state index in [1.165, 1.54) is 0 Å². The van der Waals surface area contributed by atoms with Gasteiger partial charge in [0.15, 0.2) is 34.8 Å². The van der Waals surface area contributed by atoms with E-state index < -0.39 is 89.1 Å². The van der Waals surface area contributed by atoms with Crippen LogP contribution in [0.1, 0.15) is 12.5 Å². The average Bonchev–Trinajstić information content (AvgIpc) is 3.72. The zero-order chi connectivity index (χ0) is 34.0. The third-order valence-electron chi connectivity index (χ3n) is 7.12. The van der Waals surface area contributed by atoms with Crippen molar-refractivity contribution >= 4 is 49.9 Å². The average molecular weight is 708 g/mol. The normalized spacial score (nSPS) is 29.6. The van der Waals surface area contributed by atoms with Crippen LogP contribution in [0.15, 0.2) is 22.2 Å². The van der Waals surface area contributed by atoms with Gasteiger partial charge in [-0.25, -0.2) is 19.1 Å². The summed E-state index contributed by atoms with van der Waals surface area (Å²) in [5.74, 6) is -0.565. The highest BCUT2D eigenvalue weighted by Crippen LogP contribution is 2.61. The first-order valence-electron chi connectivity index (χ1n) is 13.2. The number of nitrogens with zero attached hydrogens (tertiary/aromatic N) is 6. The molecule has 0 bridgehead atoms. The Bertz CT molecular complexity index is 1900. The van der Waals surface area contributed by atoms with Gasteiger partial charge in [0.25, 0.3) is 11.1 Å². The lowest BCUT2D eigenvalue weighted by atomic mass is 10.1. The largest absolute Gasteiger partial charge is 0.483 e. The van der Waals surface area contributed by atoms with Crippen LogP contribution in [0.25, 0.3) is 22.3 Å². The Labute approximate surface area is 258 Å². The summed E-state index contributed by atoms with van der Waals surface area (Å²) in [6.07, 6.45) is -10.8. The van der Waals surface area contributed by atoms with E-state index in [2.05, 4.69) is 34.2 Å². The van der Waals surface area contributed by atoms with Crippen LogP contribution in [0.2, 0.25) is 0 Å². The number of hydrogen-bond acceptors (Lipinski definition) is 19. The number of aliphatic hydroxyl groups is 4. The molecular weight excluding hydrogens is 682 g/mol. The van der Waals surface area contributed by atoms with Gasteiger partial charge in [-0.05, 0) is 0 Å². The van der Waals surface area contributed by atoms with Crippen LogP contribution < -0.4 is 22.6 Å². The Morgan fingerprint density at radius 2 is 1.17 bits per heavy atom. The van der Waals surface area contributed by atoms with E-state index in [1.807, 2.05) is 0 Å². The quantitative estimate of drug-likeness (QED) is 0.0700. The van der Waals surface area contributed by atoms with E-state index in [0.29, 0.717) is 0 Å². The van der Waals surface area contributed by atoms with E-state index in [4.69, 9.17) is 30.0 Å². The van der Waals surface area contributed by atoms with Crippen molar-refractivity contribution in [3.05, 3.63) is 33.4 Å². The molecule has 25 nitrogen and oxygen atoms in total. The van der Waals surface area contributed by atoms with Crippen LogP contribution in [-0.2, 0) is 32.0 Å². The molecule has 2 aliphatic rings. The second kappa shape index (κ2) is 12.1. The van der Waals surface area contributed by atoms with Gasteiger partial charge in [0.05, 0.1) is 25.9 Å². The number of rotatable bonds is 10. The summed E-state index contributed by atoms with van der Waals surface area (Å²) >= 11 is 0. The van der Waals surface area contributed by atoms with Crippen molar-refractivity contribution in [2.75, 3.05) is 24.7 Å². The molecule has 2 saturated heterocycles. The molecule has 0 aliphatic carbocycles. The fourth-order valence-electron chi connectivity index (χ4n) is 5.00. The molecule has 2 aliphatic heterocycles. The second-order valence-electron chi connectivity index (χ2n) is 10.3. The number of imidazole rings is 2. The Morgan fingerprint density at radius 1 is 0.766 bits per heavy atom. The molecule has 6 heterocycles. The third kappa shape index (κ3) is 6.32. The molecule has 0 aromatic carbocycles. The topological polar surface area (TPSA) is 381 Å². The minimum absolute atomic E-state index is 0.117. The minimum atomic E-state index is -5.59. The number of fused-ring (bicyclic) bond motifs is 2. The van der Waals surface area contributed by atoms with Crippen molar-refractivity contribution in [3.8, 4) is 0 Å². The van der Waals surface area contributed by atoms with E-state index in [-0.39, 0.29) is 34.2 Å². The summed E-state index contributed by atoms with van der Waals surface area (Å²) in [6.45, 7) is -1.92. The number of ether oxygens (including phenoxy) is 2. The Hall–Kier alpha value is -3.68. The summed E-state index contributed by atoms with van der Waals surface area (Å²) in [4.78, 5) is 63.0. The number of nitrogens with one attached hydrogen (secondary N) is 2. The maximum Gasteiger partial charge on any atom is 0.483 e. The number of nitrogen functional groups attached to an aromatic ring is 2. The maximum absolute atomic E-state index is 13.3. The molecule has 0 spiro atoms. The van der Waals surface area contributed by atoms with Crippen molar-refractivity contribution in [2.45, 2.75) is 49.1 Å². The minimum Gasteiger partial charge on any atom is -0.387 e. The number of aliphatic hydroxyl groups excluding tert-OH is 4. The summed E-state index contributed by atoms with van der Waals surface area (Å²) in [6, 6.07) is 0. The summed E-state index contributed by atoms with van der Waals surface area (Å²) < 4.78 is 52.6. The highest BCUT2D eigenvalue weighted by molar-refractivity contribution is 7.61. The van der Waals surface area contributed by atoms with Gasteiger partial charge in [-0.1, -0.05) is 0 Å². The molecular formula is C20H26N10O15P2. The number of nitrogens with two attached hydrogens (primary N) is 2. The van der Waals surface area contributed by atoms with Crippen LogP contribution in [0.5, 0.6) is 0 Å². The van der Waals surface area contributed by atoms with Crippen molar-refractivity contribution < 1.29 is 62.2 Å². The lowest BCUT2D eigenvalue weighted by Gasteiger charge is -2.23.